The van der Waals surface area contributed by atoms with Crippen molar-refractivity contribution in [3.05, 3.63) is 11.8 Å². The molecular formula is C11H17N3O3. The van der Waals surface area contributed by atoms with Gasteiger partial charge in [-0.3, -0.25) is 4.79 Å². The van der Waals surface area contributed by atoms with Crippen molar-refractivity contribution < 1.29 is 14.6 Å². The van der Waals surface area contributed by atoms with Crippen LogP contribution in [-0.2, 0) is 6.54 Å². The third-order valence-corrected chi connectivity index (χ3v) is 2.59. The predicted octanol–water partition coefficient (Wildman–Crippen LogP) is 0.166. The van der Waals surface area contributed by atoms with Crippen LogP contribution in [0.5, 0.6) is 5.88 Å². The van der Waals surface area contributed by atoms with E-state index in [0.717, 1.165) is 13.0 Å². The molecule has 0 atom stereocenters. The molecule has 0 saturated carbocycles. The minimum atomic E-state index is -0.651. The van der Waals surface area contributed by atoms with Crippen molar-refractivity contribution in [3.8, 4) is 5.88 Å². The Labute approximate surface area is 99.6 Å². The van der Waals surface area contributed by atoms with E-state index in [1.165, 1.54) is 0 Å². The molecule has 94 valence electrons. The van der Waals surface area contributed by atoms with E-state index < -0.39 is 5.54 Å². The lowest BCUT2D eigenvalue weighted by atomic mass is 10.1. The fourth-order valence-corrected chi connectivity index (χ4v) is 1.59. The fourth-order valence-electron chi connectivity index (χ4n) is 1.59. The molecule has 0 fully saturated rings. The van der Waals surface area contributed by atoms with Crippen molar-refractivity contribution in [3.63, 3.8) is 0 Å². The van der Waals surface area contributed by atoms with Crippen LogP contribution < -0.4 is 10.1 Å². The summed E-state index contributed by atoms with van der Waals surface area (Å²) in [5.41, 5.74) is -0.328. The van der Waals surface area contributed by atoms with E-state index in [4.69, 9.17) is 9.84 Å². The minimum absolute atomic E-state index is 0.122. The van der Waals surface area contributed by atoms with Crippen LogP contribution in [0.2, 0.25) is 0 Å². The summed E-state index contributed by atoms with van der Waals surface area (Å²) in [6.07, 6.45) is 0.901. The lowest BCUT2D eigenvalue weighted by Crippen LogP contribution is -2.46. The van der Waals surface area contributed by atoms with Crippen molar-refractivity contribution >= 4 is 5.91 Å². The number of fused-ring (bicyclic) bond motifs is 1. The Bertz CT molecular complexity index is 402. The highest BCUT2D eigenvalue weighted by Gasteiger charge is 2.23. The molecular weight excluding hydrogens is 222 g/mol. The highest BCUT2D eigenvalue weighted by molar-refractivity contribution is 5.93. The maximum atomic E-state index is 11.9. The van der Waals surface area contributed by atoms with Crippen LogP contribution in [0.25, 0.3) is 0 Å². The first kappa shape index (κ1) is 11.9. The number of ether oxygens (including phenoxy) is 1. The monoisotopic (exact) mass is 239 g/mol. The van der Waals surface area contributed by atoms with Crippen LogP contribution in [0, 0.1) is 0 Å². The number of hydrogen-bond donors (Lipinski definition) is 2. The summed E-state index contributed by atoms with van der Waals surface area (Å²) in [5, 5.41) is 16.0. The van der Waals surface area contributed by atoms with Crippen molar-refractivity contribution in [2.45, 2.75) is 32.4 Å². The van der Waals surface area contributed by atoms with Crippen molar-refractivity contribution in [2.24, 2.45) is 0 Å². The third kappa shape index (κ3) is 2.58. The summed E-state index contributed by atoms with van der Waals surface area (Å²) in [4.78, 5) is 11.9. The Hall–Kier alpha value is -1.56. The molecule has 1 aromatic heterocycles. The fraction of sp³-hybridized carbons (Fsp3) is 0.636. The van der Waals surface area contributed by atoms with Gasteiger partial charge in [0.15, 0.2) is 5.69 Å². The number of aliphatic hydroxyl groups is 1. The molecule has 0 bridgehead atoms. The molecule has 1 amide bonds. The number of carbonyl (C=O) groups is 1. The molecule has 1 aromatic rings. The first-order chi connectivity index (χ1) is 8.02. The molecule has 2 N–H and O–H groups in total. The van der Waals surface area contributed by atoms with Gasteiger partial charge in [-0.1, -0.05) is 0 Å². The van der Waals surface area contributed by atoms with Gasteiger partial charge in [-0.15, -0.1) is 0 Å². The average molecular weight is 239 g/mol. The van der Waals surface area contributed by atoms with Crippen LogP contribution in [0.15, 0.2) is 6.07 Å². The maximum Gasteiger partial charge on any atom is 0.272 e. The molecule has 2 rings (SSSR count). The molecule has 1 aliphatic rings. The van der Waals surface area contributed by atoms with Crippen LogP contribution in [0.1, 0.15) is 30.8 Å². The number of nitrogens with zero attached hydrogens (tertiary/aromatic N) is 2. The molecule has 0 saturated heterocycles. The second-order valence-corrected chi connectivity index (χ2v) is 4.79. The smallest absolute Gasteiger partial charge is 0.272 e. The zero-order chi connectivity index (χ0) is 12.5. The number of nitrogens with one attached hydrogen (secondary N) is 1. The Morgan fingerprint density at radius 3 is 3.12 bits per heavy atom. The van der Waals surface area contributed by atoms with Crippen LogP contribution in [-0.4, -0.2) is 39.5 Å². The second-order valence-electron chi connectivity index (χ2n) is 4.79. The first-order valence-corrected chi connectivity index (χ1v) is 5.66. The maximum absolute atomic E-state index is 11.9. The number of amides is 1. The highest BCUT2D eigenvalue weighted by atomic mass is 16.5. The van der Waals surface area contributed by atoms with Gasteiger partial charge in [0, 0.05) is 19.0 Å². The molecule has 0 aliphatic carbocycles. The van der Waals surface area contributed by atoms with Gasteiger partial charge in [-0.25, -0.2) is 4.68 Å². The molecule has 1 aliphatic heterocycles. The van der Waals surface area contributed by atoms with E-state index in [2.05, 4.69) is 10.4 Å². The average Bonchev–Trinajstić information content (AvgIpc) is 2.72. The first-order valence-electron chi connectivity index (χ1n) is 5.66. The number of aromatic nitrogens is 2. The van der Waals surface area contributed by atoms with Gasteiger partial charge in [-0.05, 0) is 13.8 Å². The minimum Gasteiger partial charge on any atom is -0.478 e. The summed E-state index contributed by atoms with van der Waals surface area (Å²) in [5.74, 6) is 0.331. The molecule has 0 radical (unpaired) electrons. The number of aliphatic hydroxyl groups excluding tert-OH is 1. The lowest BCUT2D eigenvalue weighted by Gasteiger charge is -2.22. The Kier molecular flexibility index (Phi) is 3.06. The summed E-state index contributed by atoms with van der Waals surface area (Å²) >= 11 is 0. The topological polar surface area (TPSA) is 76.4 Å². The highest BCUT2D eigenvalue weighted by Crippen LogP contribution is 2.18. The van der Waals surface area contributed by atoms with Crippen LogP contribution in [0.3, 0.4) is 0 Å². The van der Waals surface area contributed by atoms with Gasteiger partial charge in [0.05, 0.1) is 18.8 Å². The standard InChI is InChI=1S/C11H17N3O3/c1-11(2,7-15)12-10(16)8-6-9-14(13-8)4-3-5-17-9/h6,15H,3-5,7H2,1-2H3,(H,12,16). The largest absolute Gasteiger partial charge is 0.478 e. The predicted molar refractivity (Wildman–Crippen MR) is 61.0 cm³/mol. The number of rotatable bonds is 3. The van der Waals surface area contributed by atoms with Gasteiger partial charge >= 0.3 is 0 Å². The molecule has 6 nitrogen and oxygen atoms in total. The van der Waals surface area contributed by atoms with E-state index in [1.807, 2.05) is 0 Å². The summed E-state index contributed by atoms with van der Waals surface area (Å²) in [6, 6.07) is 1.63. The molecule has 2 heterocycles. The quantitative estimate of drug-likeness (QED) is 0.788. The van der Waals surface area contributed by atoms with E-state index in [-0.39, 0.29) is 12.5 Å². The van der Waals surface area contributed by atoms with Crippen LogP contribution in [0.4, 0.5) is 0 Å². The van der Waals surface area contributed by atoms with Gasteiger partial charge in [0.1, 0.15) is 0 Å². The Morgan fingerprint density at radius 1 is 1.71 bits per heavy atom. The normalized spacial score (nSPS) is 15.0. The van der Waals surface area contributed by atoms with Gasteiger partial charge in [-0.2, -0.15) is 5.10 Å². The van der Waals surface area contributed by atoms with Gasteiger partial charge in [0.2, 0.25) is 5.88 Å². The van der Waals surface area contributed by atoms with E-state index in [9.17, 15) is 4.79 Å². The SMILES string of the molecule is CC(C)(CO)NC(=O)c1cc2n(n1)CCCO2. The molecule has 0 aromatic carbocycles. The number of hydrogen-bond acceptors (Lipinski definition) is 4. The van der Waals surface area contributed by atoms with E-state index in [0.29, 0.717) is 18.2 Å². The molecule has 17 heavy (non-hydrogen) atoms. The summed E-state index contributed by atoms with van der Waals surface area (Å²) in [7, 11) is 0. The molecule has 6 heteroatoms. The van der Waals surface area contributed by atoms with Gasteiger partial charge < -0.3 is 15.2 Å². The number of aryl methyl sites for hydroxylation is 1. The third-order valence-electron chi connectivity index (χ3n) is 2.59. The Balaban J connectivity index is 2.12. The lowest BCUT2D eigenvalue weighted by molar-refractivity contribution is 0.0863. The van der Waals surface area contributed by atoms with Crippen molar-refractivity contribution in [1.29, 1.82) is 0 Å². The molecule has 0 unspecified atom stereocenters. The van der Waals surface area contributed by atoms with Gasteiger partial charge in [0.25, 0.3) is 5.91 Å². The van der Waals surface area contributed by atoms with E-state index >= 15 is 0 Å². The zero-order valence-electron chi connectivity index (χ0n) is 10.1. The van der Waals surface area contributed by atoms with Crippen molar-refractivity contribution in [2.75, 3.05) is 13.2 Å². The van der Waals surface area contributed by atoms with Crippen LogP contribution >= 0.6 is 0 Å². The zero-order valence-corrected chi connectivity index (χ0v) is 10.1. The summed E-state index contributed by atoms with van der Waals surface area (Å²) < 4.78 is 7.07. The number of carbonyl (C=O) groups excluding carboxylic acids is 1. The molecule has 0 spiro atoms. The second kappa shape index (κ2) is 4.37. The summed E-state index contributed by atoms with van der Waals surface area (Å²) in [6.45, 7) is 4.80. The van der Waals surface area contributed by atoms with E-state index in [1.54, 1.807) is 24.6 Å². The Morgan fingerprint density at radius 2 is 2.47 bits per heavy atom. The van der Waals surface area contributed by atoms with Crippen molar-refractivity contribution in [1.82, 2.24) is 15.1 Å².